The number of carbonyl (C=O) groups excluding carboxylic acids is 1. The molecule has 1 amide bonds. The highest BCUT2D eigenvalue weighted by molar-refractivity contribution is 5.79. The summed E-state index contributed by atoms with van der Waals surface area (Å²) in [6, 6.07) is 3.81. The number of hydrogen-bond donors (Lipinski definition) is 0. The Labute approximate surface area is 134 Å². The van der Waals surface area contributed by atoms with Gasteiger partial charge in [-0.15, -0.1) is 14.8 Å². The summed E-state index contributed by atoms with van der Waals surface area (Å²) < 4.78 is 1.45. The molecule has 1 saturated heterocycles. The Morgan fingerprint density at radius 3 is 2.78 bits per heavy atom. The first-order chi connectivity index (χ1) is 11.3. The summed E-state index contributed by atoms with van der Waals surface area (Å²) >= 11 is 0. The quantitative estimate of drug-likeness (QED) is 0.813. The van der Waals surface area contributed by atoms with Crippen LogP contribution in [-0.4, -0.2) is 62.2 Å². The van der Waals surface area contributed by atoms with E-state index in [-0.39, 0.29) is 5.92 Å². The van der Waals surface area contributed by atoms with Crippen LogP contribution < -0.4 is 4.90 Å². The summed E-state index contributed by atoms with van der Waals surface area (Å²) in [5.74, 6) is 1.48. The van der Waals surface area contributed by atoms with Gasteiger partial charge in [0.25, 0.3) is 0 Å². The largest absolute Gasteiger partial charge is 0.353 e. The highest BCUT2D eigenvalue weighted by atomic mass is 16.2. The van der Waals surface area contributed by atoms with E-state index in [1.807, 2.05) is 17.0 Å². The average Bonchev–Trinajstić information content (AvgIpc) is 3.20. The van der Waals surface area contributed by atoms with Gasteiger partial charge >= 0.3 is 0 Å². The molecule has 0 atom stereocenters. The Bertz CT molecular complexity index is 694. The van der Waals surface area contributed by atoms with Gasteiger partial charge in [0.15, 0.2) is 11.5 Å². The molecule has 23 heavy (non-hydrogen) atoms. The van der Waals surface area contributed by atoms with Crippen LogP contribution in [0.2, 0.25) is 0 Å². The van der Waals surface area contributed by atoms with Crippen LogP contribution in [0, 0.1) is 5.92 Å². The first-order valence-electron chi connectivity index (χ1n) is 8.40. The molecule has 8 nitrogen and oxygen atoms in total. The number of rotatable bonds is 2. The fourth-order valence-corrected chi connectivity index (χ4v) is 3.61. The summed E-state index contributed by atoms with van der Waals surface area (Å²) in [6.07, 6.45) is 5.50. The van der Waals surface area contributed by atoms with Gasteiger partial charge in [0, 0.05) is 32.1 Å². The molecule has 1 aliphatic heterocycles. The zero-order chi connectivity index (χ0) is 15.6. The van der Waals surface area contributed by atoms with Crippen molar-refractivity contribution < 1.29 is 4.79 Å². The van der Waals surface area contributed by atoms with Crippen molar-refractivity contribution in [1.82, 2.24) is 30.2 Å². The van der Waals surface area contributed by atoms with Gasteiger partial charge in [-0.05, 0) is 41.8 Å². The number of aromatic nitrogens is 5. The van der Waals surface area contributed by atoms with Gasteiger partial charge in [-0.3, -0.25) is 4.79 Å². The number of fused-ring (bicyclic) bond motifs is 1. The third-order valence-corrected chi connectivity index (χ3v) is 4.89. The van der Waals surface area contributed by atoms with Gasteiger partial charge in [0.2, 0.25) is 5.91 Å². The molecule has 2 aliphatic rings. The molecule has 2 aromatic heterocycles. The van der Waals surface area contributed by atoms with Crippen LogP contribution in [0.1, 0.15) is 32.1 Å². The van der Waals surface area contributed by atoms with Crippen LogP contribution in [0.5, 0.6) is 0 Å². The van der Waals surface area contributed by atoms with E-state index in [0.29, 0.717) is 11.6 Å². The van der Waals surface area contributed by atoms with Gasteiger partial charge in [-0.25, -0.2) is 0 Å². The number of tetrazole rings is 1. The van der Waals surface area contributed by atoms with Crippen molar-refractivity contribution >= 4 is 17.4 Å². The van der Waals surface area contributed by atoms with E-state index in [9.17, 15) is 4.79 Å². The Kier molecular flexibility index (Phi) is 3.80. The van der Waals surface area contributed by atoms with E-state index < -0.39 is 0 Å². The lowest BCUT2D eigenvalue weighted by molar-refractivity contribution is -0.135. The van der Waals surface area contributed by atoms with Crippen LogP contribution in [0.15, 0.2) is 12.1 Å². The third kappa shape index (κ3) is 2.85. The highest BCUT2D eigenvalue weighted by Gasteiger charge is 2.28. The van der Waals surface area contributed by atoms with E-state index in [1.165, 1.54) is 17.5 Å². The second kappa shape index (κ2) is 6.10. The summed E-state index contributed by atoms with van der Waals surface area (Å²) in [6.45, 7) is 3.32. The predicted molar refractivity (Wildman–Crippen MR) is 83.9 cm³/mol. The van der Waals surface area contributed by atoms with Crippen molar-refractivity contribution in [1.29, 1.82) is 0 Å². The monoisotopic (exact) mass is 315 g/mol. The van der Waals surface area contributed by atoms with Gasteiger partial charge < -0.3 is 9.80 Å². The summed E-state index contributed by atoms with van der Waals surface area (Å²) in [7, 11) is 0. The van der Waals surface area contributed by atoms with Crippen molar-refractivity contribution in [2.24, 2.45) is 5.92 Å². The first-order valence-corrected chi connectivity index (χ1v) is 8.40. The molecule has 2 aromatic rings. The van der Waals surface area contributed by atoms with Crippen molar-refractivity contribution in [3.05, 3.63) is 12.1 Å². The molecule has 8 heteroatoms. The Morgan fingerprint density at radius 2 is 1.91 bits per heavy atom. The standard InChI is InChI=1S/C15H21N7O/c23-15(12-4-1-2-5-12)21-9-3-8-20(10-11-21)14-7-6-13-16-18-19-22(13)17-14/h6-7,12H,1-5,8-11H2. The number of hydrogen-bond acceptors (Lipinski definition) is 6. The molecule has 0 aromatic carbocycles. The van der Waals surface area contributed by atoms with Gasteiger partial charge in [0.1, 0.15) is 0 Å². The number of anilines is 1. The normalized spacial score (nSPS) is 20.2. The summed E-state index contributed by atoms with van der Waals surface area (Å²) in [5, 5.41) is 15.8. The zero-order valence-electron chi connectivity index (χ0n) is 13.1. The van der Waals surface area contributed by atoms with E-state index >= 15 is 0 Å². The minimum Gasteiger partial charge on any atom is -0.353 e. The smallest absolute Gasteiger partial charge is 0.225 e. The summed E-state index contributed by atoms with van der Waals surface area (Å²) in [4.78, 5) is 16.9. The minimum absolute atomic E-state index is 0.261. The van der Waals surface area contributed by atoms with Gasteiger partial charge in [0.05, 0.1) is 0 Å². The maximum Gasteiger partial charge on any atom is 0.225 e. The van der Waals surface area contributed by atoms with Crippen molar-refractivity contribution in [2.45, 2.75) is 32.1 Å². The van der Waals surface area contributed by atoms with E-state index in [0.717, 1.165) is 51.3 Å². The fraction of sp³-hybridized carbons (Fsp3) is 0.667. The molecule has 0 bridgehead atoms. The fourth-order valence-electron chi connectivity index (χ4n) is 3.61. The lowest BCUT2D eigenvalue weighted by Gasteiger charge is -2.24. The second-order valence-corrected chi connectivity index (χ2v) is 6.37. The summed E-state index contributed by atoms with van der Waals surface area (Å²) in [5.41, 5.74) is 0.640. The highest BCUT2D eigenvalue weighted by Crippen LogP contribution is 2.27. The SMILES string of the molecule is O=C(C1CCCC1)N1CCCN(c2ccc3nnnn3n2)CC1. The zero-order valence-corrected chi connectivity index (χ0v) is 13.1. The molecule has 0 spiro atoms. The average molecular weight is 315 g/mol. The number of amides is 1. The van der Waals surface area contributed by atoms with E-state index in [4.69, 9.17) is 0 Å². The van der Waals surface area contributed by atoms with E-state index in [2.05, 4.69) is 25.5 Å². The molecule has 1 saturated carbocycles. The van der Waals surface area contributed by atoms with Crippen LogP contribution in [0.3, 0.4) is 0 Å². The van der Waals surface area contributed by atoms with Crippen LogP contribution in [-0.2, 0) is 4.79 Å². The maximum atomic E-state index is 12.6. The molecule has 3 heterocycles. The van der Waals surface area contributed by atoms with Crippen LogP contribution >= 0.6 is 0 Å². The van der Waals surface area contributed by atoms with Crippen LogP contribution in [0.25, 0.3) is 5.65 Å². The molecule has 0 radical (unpaired) electrons. The van der Waals surface area contributed by atoms with Crippen molar-refractivity contribution in [3.63, 3.8) is 0 Å². The Morgan fingerprint density at radius 1 is 1.04 bits per heavy atom. The van der Waals surface area contributed by atoms with Gasteiger partial charge in [-0.1, -0.05) is 12.8 Å². The molecule has 0 N–H and O–H groups in total. The molecule has 1 aliphatic carbocycles. The molecule has 0 unspecified atom stereocenters. The van der Waals surface area contributed by atoms with Crippen LogP contribution in [0.4, 0.5) is 5.82 Å². The van der Waals surface area contributed by atoms with Crippen molar-refractivity contribution in [2.75, 3.05) is 31.1 Å². The Balaban J connectivity index is 1.45. The lowest BCUT2D eigenvalue weighted by atomic mass is 10.1. The molecule has 4 rings (SSSR count). The van der Waals surface area contributed by atoms with Crippen molar-refractivity contribution in [3.8, 4) is 0 Å². The van der Waals surface area contributed by atoms with Gasteiger partial charge in [-0.2, -0.15) is 0 Å². The second-order valence-electron chi connectivity index (χ2n) is 6.37. The first kappa shape index (κ1) is 14.3. The Hall–Kier alpha value is -2.25. The third-order valence-electron chi connectivity index (χ3n) is 4.89. The van der Waals surface area contributed by atoms with E-state index in [1.54, 1.807) is 0 Å². The maximum absolute atomic E-state index is 12.6. The topological polar surface area (TPSA) is 79.5 Å². The predicted octanol–water partition coefficient (Wildman–Crippen LogP) is 0.748. The molecular weight excluding hydrogens is 294 g/mol. The molecule has 2 fully saturated rings. The number of carbonyl (C=O) groups is 1. The lowest BCUT2D eigenvalue weighted by Crippen LogP contribution is -2.38. The number of nitrogens with zero attached hydrogens (tertiary/aromatic N) is 7. The minimum atomic E-state index is 0.261. The molecular formula is C15H21N7O. The molecule has 122 valence electrons.